The first kappa shape index (κ1) is 19.7. The van der Waals surface area contributed by atoms with Crippen LogP contribution in [0.15, 0.2) is 47.6 Å². The zero-order chi connectivity index (χ0) is 19.1. The Morgan fingerprint density at radius 3 is 2.78 bits per heavy atom. The average Bonchev–Trinajstić information content (AvgIpc) is 2.87. The Morgan fingerprint density at radius 2 is 1.93 bits per heavy atom. The average molecular weight is 405 g/mol. The van der Waals surface area contributed by atoms with Crippen LogP contribution in [-0.4, -0.2) is 18.2 Å². The molecule has 0 aromatic heterocycles. The summed E-state index contributed by atoms with van der Waals surface area (Å²) >= 11 is 11.9. The van der Waals surface area contributed by atoms with Crippen molar-refractivity contribution >= 4 is 34.8 Å². The molecule has 1 N–H and O–H groups in total. The van der Waals surface area contributed by atoms with Crippen LogP contribution in [0, 0.1) is 0 Å². The highest BCUT2D eigenvalue weighted by Gasteiger charge is 2.13. The molecule has 0 saturated heterocycles. The van der Waals surface area contributed by atoms with E-state index >= 15 is 0 Å². The van der Waals surface area contributed by atoms with Crippen molar-refractivity contribution in [2.45, 2.75) is 38.5 Å². The van der Waals surface area contributed by atoms with E-state index in [1.807, 2.05) is 12.1 Å². The molecule has 2 aromatic carbocycles. The third-order valence-corrected chi connectivity index (χ3v) is 4.98. The first-order chi connectivity index (χ1) is 13.1. The zero-order valence-electron chi connectivity index (χ0n) is 15.0. The van der Waals surface area contributed by atoms with Gasteiger partial charge in [0.1, 0.15) is 5.75 Å². The van der Waals surface area contributed by atoms with E-state index in [1.165, 1.54) is 5.56 Å². The SMILES string of the molecule is O=C(CCCOc1ccc(Cl)cc1Cl)N/N=C1/CCCCc2ccccc21. The van der Waals surface area contributed by atoms with Crippen molar-refractivity contribution in [1.29, 1.82) is 0 Å². The van der Waals surface area contributed by atoms with Gasteiger partial charge in [0.05, 0.1) is 17.3 Å². The second-order valence-corrected chi connectivity index (χ2v) is 7.33. The van der Waals surface area contributed by atoms with Crippen LogP contribution >= 0.6 is 23.2 Å². The van der Waals surface area contributed by atoms with Crippen molar-refractivity contribution in [3.05, 3.63) is 63.6 Å². The number of aryl methyl sites for hydroxylation is 1. The van der Waals surface area contributed by atoms with Crippen molar-refractivity contribution in [2.24, 2.45) is 5.10 Å². The first-order valence-electron chi connectivity index (χ1n) is 9.15. The summed E-state index contributed by atoms with van der Waals surface area (Å²) in [6.07, 6.45) is 5.09. The molecule has 1 amide bonds. The number of nitrogens with one attached hydrogen (secondary N) is 1. The number of hydrogen-bond acceptors (Lipinski definition) is 3. The van der Waals surface area contributed by atoms with Crippen LogP contribution in [0.1, 0.15) is 43.2 Å². The summed E-state index contributed by atoms with van der Waals surface area (Å²) in [6.45, 7) is 0.397. The fraction of sp³-hybridized carbons (Fsp3) is 0.333. The van der Waals surface area contributed by atoms with Crippen molar-refractivity contribution in [2.75, 3.05) is 6.61 Å². The standard InChI is InChI=1S/C21H22Cl2N2O2/c22-16-11-12-20(18(23)14-16)27-13-5-10-21(26)25-24-19-9-4-2-7-15-6-1-3-8-17(15)19/h1,3,6,8,11-12,14H,2,4-5,7,9-10,13H2,(H,25,26)/b24-19-. The maximum absolute atomic E-state index is 12.1. The van der Waals surface area contributed by atoms with Gasteiger partial charge >= 0.3 is 0 Å². The normalized spacial score (nSPS) is 15.1. The number of fused-ring (bicyclic) bond motifs is 1. The van der Waals surface area contributed by atoms with Gasteiger partial charge in [0.15, 0.2) is 0 Å². The third kappa shape index (κ3) is 5.72. The minimum Gasteiger partial charge on any atom is -0.492 e. The number of carbonyl (C=O) groups excluding carboxylic acids is 1. The minimum atomic E-state index is -0.116. The molecule has 3 rings (SSSR count). The van der Waals surface area contributed by atoms with Crippen LogP contribution < -0.4 is 10.2 Å². The smallest absolute Gasteiger partial charge is 0.240 e. The molecule has 0 saturated carbocycles. The lowest BCUT2D eigenvalue weighted by Gasteiger charge is -2.09. The number of carbonyl (C=O) groups is 1. The van der Waals surface area contributed by atoms with Crippen molar-refractivity contribution in [3.8, 4) is 5.75 Å². The van der Waals surface area contributed by atoms with E-state index in [-0.39, 0.29) is 5.91 Å². The third-order valence-electron chi connectivity index (χ3n) is 4.45. The lowest BCUT2D eigenvalue weighted by molar-refractivity contribution is -0.121. The van der Waals surface area contributed by atoms with Crippen LogP contribution in [0.4, 0.5) is 0 Å². The number of benzene rings is 2. The van der Waals surface area contributed by atoms with Gasteiger partial charge in [-0.25, -0.2) is 5.43 Å². The topological polar surface area (TPSA) is 50.7 Å². The van der Waals surface area contributed by atoms with Crippen molar-refractivity contribution in [1.82, 2.24) is 5.43 Å². The van der Waals surface area contributed by atoms with Crippen molar-refractivity contribution in [3.63, 3.8) is 0 Å². The lowest BCUT2D eigenvalue weighted by atomic mass is 10.0. The number of amides is 1. The molecule has 0 heterocycles. The number of rotatable bonds is 6. The molecular formula is C21H22Cl2N2O2. The predicted octanol–water partition coefficient (Wildman–Crippen LogP) is 5.40. The van der Waals surface area contributed by atoms with Gasteiger partial charge in [0, 0.05) is 17.0 Å². The van der Waals surface area contributed by atoms with Crippen LogP contribution in [0.5, 0.6) is 5.75 Å². The second-order valence-electron chi connectivity index (χ2n) is 6.48. The quantitative estimate of drug-likeness (QED) is 0.398. The summed E-state index contributed by atoms with van der Waals surface area (Å²) in [7, 11) is 0. The Morgan fingerprint density at radius 1 is 1.11 bits per heavy atom. The molecule has 6 heteroatoms. The summed E-state index contributed by atoms with van der Waals surface area (Å²) in [5, 5.41) is 5.41. The molecule has 4 nitrogen and oxygen atoms in total. The summed E-state index contributed by atoms with van der Waals surface area (Å²) in [5.74, 6) is 0.451. The summed E-state index contributed by atoms with van der Waals surface area (Å²) in [6, 6.07) is 13.4. The van der Waals surface area contributed by atoms with Crippen LogP contribution in [-0.2, 0) is 11.2 Å². The van der Waals surface area contributed by atoms with Gasteiger partial charge < -0.3 is 4.74 Å². The van der Waals surface area contributed by atoms with E-state index < -0.39 is 0 Å². The molecule has 0 aliphatic heterocycles. The van der Waals surface area contributed by atoms with Gasteiger partial charge in [-0.1, -0.05) is 47.5 Å². The van der Waals surface area contributed by atoms with E-state index in [0.29, 0.717) is 35.2 Å². The van der Waals surface area contributed by atoms with Gasteiger partial charge in [-0.15, -0.1) is 0 Å². The van der Waals surface area contributed by atoms with Gasteiger partial charge in [-0.2, -0.15) is 5.10 Å². The molecule has 0 unspecified atom stereocenters. The minimum absolute atomic E-state index is 0.116. The highest BCUT2D eigenvalue weighted by Crippen LogP contribution is 2.27. The molecule has 0 fully saturated rings. The van der Waals surface area contributed by atoms with E-state index in [4.69, 9.17) is 27.9 Å². The molecular weight excluding hydrogens is 383 g/mol. The van der Waals surface area contributed by atoms with Gasteiger partial charge in [-0.3, -0.25) is 4.79 Å². The Labute approximate surface area is 169 Å². The summed E-state index contributed by atoms with van der Waals surface area (Å²) < 4.78 is 5.59. The number of hydrogen-bond donors (Lipinski definition) is 1. The fourth-order valence-corrected chi connectivity index (χ4v) is 3.53. The Bertz CT molecular complexity index is 837. The Kier molecular flexibility index (Phi) is 7.13. The van der Waals surface area contributed by atoms with Gasteiger partial charge in [-0.05, 0) is 55.9 Å². The summed E-state index contributed by atoms with van der Waals surface area (Å²) in [5.41, 5.74) is 6.10. The molecule has 0 spiro atoms. The predicted molar refractivity (Wildman–Crippen MR) is 110 cm³/mol. The highest BCUT2D eigenvalue weighted by atomic mass is 35.5. The maximum Gasteiger partial charge on any atom is 0.240 e. The van der Waals surface area contributed by atoms with E-state index in [2.05, 4.69) is 22.7 Å². The number of halogens is 2. The zero-order valence-corrected chi connectivity index (χ0v) is 16.5. The molecule has 2 aromatic rings. The van der Waals surface area contributed by atoms with Gasteiger partial charge in [0.25, 0.3) is 0 Å². The van der Waals surface area contributed by atoms with Crippen LogP contribution in [0.3, 0.4) is 0 Å². The Hall–Kier alpha value is -2.04. The first-order valence-corrected chi connectivity index (χ1v) is 9.90. The molecule has 0 radical (unpaired) electrons. The number of nitrogens with zero attached hydrogens (tertiary/aromatic N) is 1. The highest BCUT2D eigenvalue weighted by molar-refractivity contribution is 6.35. The van der Waals surface area contributed by atoms with E-state index in [0.717, 1.165) is 37.0 Å². The largest absolute Gasteiger partial charge is 0.492 e. The summed E-state index contributed by atoms with van der Waals surface area (Å²) in [4.78, 5) is 12.1. The molecule has 0 bridgehead atoms. The van der Waals surface area contributed by atoms with E-state index in [1.54, 1.807) is 18.2 Å². The van der Waals surface area contributed by atoms with Gasteiger partial charge in [0.2, 0.25) is 5.91 Å². The molecule has 27 heavy (non-hydrogen) atoms. The fourth-order valence-electron chi connectivity index (χ4n) is 3.07. The molecule has 0 atom stereocenters. The monoisotopic (exact) mass is 404 g/mol. The maximum atomic E-state index is 12.1. The lowest BCUT2D eigenvalue weighted by Crippen LogP contribution is -2.20. The Balaban J connectivity index is 1.47. The second kappa shape index (κ2) is 9.77. The van der Waals surface area contributed by atoms with Crippen molar-refractivity contribution < 1.29 is 9.53 Å². The van der Waals surface area contributed by atoms with Crippen LogP contribution in [0.25, 0.3) is 0 Å². The van der Waals surface area contributed by atoms with E-state index in [9.17, 15) is 4.79 Å². The number of ether oxygens (including phenoxy) is 1. The number of hydrazone groups is 1. The molecule has 1 aliphatic carbocycles. The van der Waals surface area contributed by atoms with Crippen LogP contribution in [0.2, 0.25) is 10.0 Å². The molecule has 1 aliphatic rings. The molecule has 142 valence electrons.